The van der Waals surface area contributed by atoms with Crippen LogP contribution in [0.3, 0.4) is 0 Å². The van der Waals surface area contributed by atoms with Crippen molar-refractivity contribution in [2.45, 2.75) is 24.3 Å². The lowest BCUT2D eigenvalue weighted by molar-refractivity contribution is -0.130. The van der Waals surface area contributed by atoms with Crippen LogP contribution < -0.4 is 14.4 Å². The highest BCUT2D eigenvalue weighted by atomic mass is 32.2. The van der Waals surface area contributed by atoms with E-state index in [1.165, 1.54) is 15.9 Å². The van der Waals surface area contributed by atoms with E-state index in [1.54, 1.807) is 17.0 Å². The quantitative estimate of drug-likeness (QED) is 0.696. The molecule has 1 fully saturated rings. The summed E-state index contributed by atoms with van der Waals surface area (Å²) in [5.74, 6) is 1.04. The van der Waals surface area contributed by atoms with Crippen LogP contribution in [0.2, 0.25) is 0 Å². The van der Waals surface area contributed by atoms with Gasteiger partial charge in [-0.15, -0.1) is 0 Å². The zero-order valence-corrected chi connectivity index (χ0v) is 18.9. The van der Waals surface area contributed by atoms with Crippen LogP contribution in [-0.2, 0) is 21.2 Å². The predicted octanol–water partition coefficient (Wildman–Crippen LogP) is 1.74. The number of hydrogen-bond donors (Lipinski definition) is 0. The van der Waals surface area contributed by atoms with Crippen LogP contribution in [-0.4, -0.2) is 75.5 Å². The van der Waals surface area contributed by atoms with E-state index in [4.69, 9.17) is 9.47 Å². The second kappa shape index (κ2) is 8.29. The third-order valence-corrected chi connectivity index (χ3v) is 8.29. The van der Waals surface area contributed by atoms with E-state index in [0.717, 1.165) is 12.1 Å². The summed E-state index contributed by atoms with van der Waals surface area (Å²) in [5.41, 5.74) is 2.39. The Morgan fingerprint density at radius 2 is 1.72 bits per heavy atom. The number of rotatable bonds is 4. The summed E-state index contributed by atoms with van der Waals surface area (Å²) in [7, 11) is -3.67. The largest absolute Gasteiger partial charge is 0.486 e. The number of para-hydroxylation sites is 1. The number of anilines is 1. The molecule has 0 bridgehead atoms. The molecule has 5 rings (SSSR count). The fourth-order valence-electron chi connectivity index (χ4n) is 4.63. The molecule has 9 heteroatoms. The van der Waals surface area contributed by atoms with Crippen LogP contribution in [0.15, 0.2) is 47.4 Å². The molecule has 3 aliphatic rings. The lowest BCUT2D eigenvalue weighted by atomic mass is 10.1. The first-order valence-electron chi connectivity index (χ1n) is 11.0. The minimum Gasteiger partial charge on any atom is -0.486 e. The van der Waals surface area contributed by atoms with Gasteiger partial charge in [0, 0.05) is 44.0 Å². The Bertz CT molecular complexity index is 1130. The molecule has 1 atom stereocenters. The maximum atomic E-state index is 13.1. The van der Waals surface area contributed by atoms with Crippen molar-refractivity contribution < 1.29 is 22.7 Å². The minimum atomic E-state index is -3.67. The van der Waals surface area contributed by atoms with Gasteiger partial charge in [0.1, 0.15) is 13.2 Å². The first kappa shape index (κ1) is 21.1. The molecule has 8 nitrogen and oxygen atoms in total. The van der Waals surface area contributed by atoms with Crippen LogP contribution in [0, 0.1) is 0 Å². The highest BCUT2D eigenvalue weighted by Crippen LogP contribution is 2.34. The number of fused-ring (bicyclic) bond motifs is 2. The molecule has 0 aliphatic carbocycles. The van der Waals surface area contributed by atoms with E-state index in [2.05, 4.69) is 24.0 Å². The number of hydrogen-bond acceptors (Lipinski definition) is 6. The predicted molar refractivity (Wildman–Crippen MR) is 120 cm³/mol. The third-order valence-electron chi connectivity index (χ3n) is 6.40. The number of nitrogens with zero attached hydrogens (tertiary/aromatic N) is 3. The summed E-state index contributed by atoms with van der Waals surface area (Å²) in [4.78, 5) is 17.1. The molecule has 0 radical (unpaired) electrons. The first-order valence-corrected chi connectivity index (χ1v) is 12.4. The number of ether oxygens (including phenoxy) is 2. The van der Waals surface area contributed by atoms with Crippen molar-refractivity contribution in [1.82, 2.24) is 9.21 Å². The Morgan fingerprint density at radius 3 is 2.50 bits per heavy atom. The molecule has 32 heavy (non-hydrogen) atoms. The molecule has 170 valence electrons. The lowest BCUT2D eigenvalue weighted by Crippen LogP contribution is -2.53. The fraction of sp³-hybridized carbons (Fsp3) is 0.435. The van der Waals surface area contributed by atoms with Crippen LogP contribution >= 0.6 is 0 Å². The van der Waals surface area contributed by atoms with E-state index < -0.39 is 10.0 Å². The molecule has 3 heterocycles. The number of carbonyl (C=O) groups is 1. The molecule has 2 aromatic rings. The average molecular weight is 458 g/mol. The van der Waals surface area contributed by atoms with Gasteiger partial charge in [-0.3, -0.25) is 4.79 Å². The summed E-state index contributed by atoms with van der Waals surface area (Å²) < 4.78 is 38.7. The molecule has 0 spiro atoms. The minimum absolute atomic E-state index is 0.0323. The molecule has 0 aromatic heterocycles. The van der Waals surface area contributed by atoms with Crippen LogP contribution in [0.5, 0.6) is 11.5 Å². The standard InChI is InChI=1S/C23H27N3O5S/c1-17-14-18-4-2-3-5-20(18)26(17)16-23(27)24-8-10-25(11-9-24)32(28,29)19-6-7-21-22(15-19)31-13-12-30-21/h2-7,15,17H,8-14,16H2,1H3. The second-order valence-electron chi connectivity index (χ2n) is 8.40. The Labute approximate surface area is 188 Å². The molecular formula is C23H27N3O5S. The SMILES string of the molecule is CC1Cc2ccccc2N1CC(=O)N1CCN(S(=O)(=O)c2ccc3c(c2)OCCO3)CC1. The van der Waals surface area contributed by atoms with E-state index in [0.29, 0.717) is 44.3 Å². The van der Waals surface area contributed by atoms with Gasteiger partial charge in [-0.05, 0) is 37.1 Å². The Kier molecular flexibility index (Phi) is 5.46. The van der Waals surface area contributed by atoms with Gasteiger partial charge >= 0.3 is 0 Å². The van der Waals surface area contributed by atoms with Crippen molar-refractivity contribution in [3.63, 3.8) is 0 Å². The Hall–Kier alpha value is -2.78. The van der Waals surface area contributed by atoms with Crippen molar-refractivity contribution in [2.75, 3.05) is 50.8 Å². The van der Waals surface area contributed by atoms with Crippen molar-refractivity contribution in [3.05, 3.63) is 48.0 Å². The molecule has 2 aromatic carbocycles. The fourth-order valence-corrected chi connectivity index (χ4v) is 6.07. The van der Waals surface area contributed by atoms with Gasteiger partial charge in [0.25, 0.3) is 0 Å². The normalized spacial score (nSPS) is 20.8. The number of carbonyl (C=O) groups excluding carboxylic acids is 1. The van der Waals surface area contributed by atoms with Gasteiger partial charge in [0.05, 0.1) is 11.4 Å². The number of benzene rings is 2. The zero-order valence-electron chi connectivity index (χ0n) is 18.1. The number of piperazine rings is 1. The maximum Gasteiger partial charge on any atom is 0.243 e. The molecular weight excluding hydrogens is 430 g/mol. The van der Waals surface area contributed by atoms with Gasteiger partial charge in [-0.1, -0.05) is 18.2 Å². The lowest BCUT2D eigenvalue weighted by Gasteiger charge is -2.35. The van der Waals surface area contributed by atoms with Crippen LogP contribution in [0.25, 0.3) is 0 Å². The topological polar surface area (TPSA) is 79.4 Å². The summed E-state index contributed by atoms with van der Waals surface area (Å²) >= 11 is 0. The second-order valence-corrected chi connectivity index (χ2v) is 10.3. The van der Waals surface area contributed by atoms with Gasteiger partial charge in [0.2, 0.25) is 15.9 Å². The maximum absolute atomic E-state index is 13.1. The van der Waals surface area contributed by atoms with Crippen LogP contribution in [0.4, 0.5) is 5.69 Å². The van der Waals surface area contributed by atoms with E-state index >= 15 is 0 Å². The van der Waals surface area contributed by atoms with Crippen molar-refractivity contribution in [3.8, 4) is 11.5 Å². The average Bonchev–Trinajstić information content (AvgIpc) is 3.13. The molecule has 1 amide bonds. The van der Waals surface area contributed by atoms with E-state index in [1.807, 2.05) is 12.1 Å². The monoisotopic (exact) mass is 457 g/mol. The summed E-state index contributed by atoms with van der Waals surface area (Å²) in [5, 5.41) is 0. The van der Waals surface area contributed by atoms with Crippen molar-refractivity contribution in [2.24, 2.45) is 0 Å². The molecule has 0 N–H and O–H groups in total. The van der Waals surface area contributed by atoms with Crippen LogP contribution in [0.1, 0.15) is 12.5 Å². The highest BCUT2D eigenvalue weighted by molar-refractivity contribution is 7.89. The molecule has 1 unspecified atom stereocenters. The third kappa shape index (κ3) is 3.80. The number of amides is 1. The smallest absolute Gasteiger partial charge is 0.243 e. The molecule has 3 aliphatic heterocycles. The zero-order chi connectivity index (χ0) is 22.3. The highest BCUT2D eigenvalue weighted by Gasteiger charge is 2.33. The van der Waals surface area contributed by atoms with E-state index in [9.17, 15) is 13.2 Å². The summed E-state index contributed by atoms with van der Waals surface area (Å²) in [6.45, 7) is 4.61. The van der Waals surface area contributed by atoms with E-state index in [-0.39, 0.29) is 29.9 Å². The molecule has 0 saturated carbocycles. The summed E-state index contributed by atoms with van der Waals surface area (Å²) in [6.07, 6.45) is 0.936. The van der Waals surface area contributed by atoms with Gasteiger partial charge < -0.3 is 19.3 Å². The van der Waals surface area contributed by atoms with Crippen molar-refractivity contribution in [1.29, 1.82) is 0 Å². The Balaban J connectivity index is 1.23. The molecule has 1 saturated heterocycles. The van der Waals surface area contributed by atoms with Gasteiger partial charge in [-0.2, -0.15) is 4.31 Å². The van der Waals surface area contributed by atoms with Crippen molar-refractivity contribution >= 4 is 21.6 Å². The number of sulfonamides is 1. The van der Waals surface area contributed by atoms with Gasteiger partial charge in [-0.25, -0.2) is 8.42 Å². The first-order chi connectivity index (χ1) is 15.4. The Morgan fingerprint density at radius 1 is 1.00 bits per heavy atom. The summed E-state index contributed by atoms with van der Waals surface area (Å²) in [6, 6.07) is 13.2. The van der Waals surface area contributed by atoms with Gasteiger partial charge in [0.15, 0.2) is 11.5 Å².